The monoisotopic (exact) mass is 281 g/mol. The van der Waals surface area contributed by atoms with Crippen molar-refractivity contribution in [2.75, 3.05) is 26.7 Å². The average Bonchev–Trinajstić information content (AvgIpc) is 2.77. The number of nitrogens with one attached hydrogen (secondary N) is 1. The second-order valence-corrected chi connectivity index (χ2v) is 5.83. The van der Waals surface area contributed by atoms with E-state index in [1.165, 1.54) is 17.8 Å². The van der Waals surface area contributed by atoms with Crippen LogP contribution in [0.1, 0.15) is 11.3 Å². The topological polar surface area (TPSA) is 28.2 Å². The maximum Gasteiger partial charge on any atom is 0.183 e. The summed E-state index contributed by atoms with van der Waals surface area (Å²) in [6, 6.07) is 0. The number of thiazole rings is 1. The molecule has 1 fully saturated rings. The first-order valence-corrected chi connectivity index (χ1v) is 6.43. The van der Waals surface area contributed by atoms with Gasteiger partial charge in [0, 0.05) is 24.2 Å². The Morgan fingerprint density at radius 3 is 3.06 bits per heavy atom. The molecular weight excluding hydrogens is 265 g/mol. The van der Waals surface area contributed by atoms with E-state index in [9.17, 15) is 0 Å². The van der Waals surface area contributed by atoms with Gasteiger partial charge in [-0.2, -0.15) is 0 Å². The lowest BCUT2D eigenvalue weighted by Crippen LogP contribution is -2.26. The molecule has 2 rings (SSSR count). The highest BCUT2D eigenvalue weighted by molar-refractivity contribution is 7.15. The summed E-state index contributed by atoms with van der Waals surface area (Å²) in [6.07, 6.45) is 3.17. The molecule has 0 amide bonds. The zero-order valence-corrected chi connectivity index (χ0v) is 11.7. The molecule has 0 radical (unpaired) electrons. The molecule has 1 N–H and O–H groups in total. The van der Waals surface area contributed by atoms with Crippen molar-refractivity contribution in [1.29, 1.82) is 0 Å². The third kappa shape index (κ3) is 4.18. The molecule has 3 nitrogen and oxygen atoms in total. The predicted molar refractivity (Wildman–Crippen MR) is 71.7 cm³/mol. The van der Waals surface area contributed by atoms with E-state index in [-0.39, 0.29) is 12.4 Å². The van der Waals surface area contributed by atoms with Crippen LogP contribution in [0.3, 0.4) is 0 Å². The van der Waals surface area contributed by atoms with Gasteiger partial charge in [0.1, 0.15) is 0 Å². The first-order chi connectivity index (χ1) is 7.24. The van der Waals surface area contributed by atoms with Crippen molar-refractivity contribution in [3.05, 3.63) is 15.5 Å². The number of halogens is 2. The molecule has 1 aliphatic heterocycles. The van der Waals surface area contributed by atoms with Crippen LogP contribution in [0.4, 0.5) is 0 Å². The van der Waals surface area contributed by atoms with Crippen LogP contribution >= 0.6 is 35.3 Å². The fourth-order valence-corrected chi connectivity index (χ4v) is 3.06. The molecular formula is C10H17Cl2N3S. The maximum absolute atomic E-state index is 5.79. The highest BCUT2D eigenvalue weighted by atomic mass is 35.5. The van der Waals surface area contributed by atoms with Gasteiger partial charge in [0.15, 0.2) is 4.47 Å². The quantitative estimate of drug-likeness (QED) is 0.918. The molecule has 0 aliphatic carbocycles. The minimum Gasteiger partial charge on any atom is -0.316 e. The number of nitrogens with zero attached hydrogens (tertiary/aromatic N) is 2. The largest absolute Gasteiger partial charge is 0.316 e. The lowest BCUT2D eigenvalue weighted by molar-refractivity contribution is 0.280. The van der Waals surface area contributed by atoms with Crippen LogP contribution in [0.5, 0.6) is 0 Å². The fraction of sp³-hybridized carbons (Fsp3) is 0.700. The number of rotatable bonds is 4. The minimum absolute atomic E-state index is 0. The molecule has 92 valence electrons. The van der Waals surface area contributed by atoms with Crippen LogP contribution in [-0.2, 0) is 6.54 Å². The summed E-state index contributed by atoms with van der Waals surface area (Å²) in [5, 5.41) is 3.39. The minimum atomic E-state index is 0. The van der Waals surface area contributed by atoms with Gasteiger partial charge in [-0.15, -0.1) is 23.7 Å². The van der Waals surface area contributed by atoms with Crippen LogP contribution < -0.4 is 5.32 Å². The smallest absolute Gasteiger partial charge is 0.183 e. The van der Waals surface area contributed by atoms with Crippen molar-refractivity contribution in [2.24, 2.45) is 5.92 Å². The van der Waals surface area contributed by atoms with Crippen molar-refractivity contribution >= 4 is 35.3 Å². The zero-order valence-electron chi connectivity index (χ0n) is 9.28. The van der Waals surface area contributed by atoms with Crippen molar-refractivity contribution in [1.82, 2.24) is 15.2 Å². The summed E-state index contributed by atoms with van der Waals surface area (Å²) in [7, 11) is 2.16. The maximum atomic E-state index is 5.79. The van der Waals surface area contributed by atoms with Crippen molar-refractivity contribution in [3.63, 3.8) is 0 Å². The number of hydrogen-bond acceptors (Lipinski definition) is 4. The lowest BCUT2D eigenvalue weighted by atomic mass is 10.1. The van der Waals surface area contributed by atoms with Gasteiger partial charge < -0.3 is 10.2 Å². The SMILES string of the molecule is CN(Cc1cnc(Cl)s1)CC1CCNC1.Cl. The summed E-state index contributed by atoms with van der Waals surface area (Å²) in [5.41, 5.74) is 0. The highest BCUT2D eigenvalue weighted by Crippen LogP contribution is 2.19. The van der Waals surface area contributed by atoms with Crippen molar-refractivity contribution in [2.45, 2.75) is 13.0 Å². The highest BCUT2D eigenvalue weighted by Gasteiger charge is 2.16. The van der Waals surface area contributed by atoms with E-state index in [2.05, 4.69) is 22.2 Å². The van der Waals surface area contributed by atoms with Gasteiger partial charge in [0.2, 0.25) is 0 Å². The normalized spacial score (nSPS) is 20.1. The third-order valence-electron chi connectivity index (χ3n) is 2.68. The van der Waals surface area contributed by atoms with E-state index in [4.69, 9.17) is 11.6 Å². The zero-order chi connectivity index (χ0) is 10.7. The molecule has 1 aromatic rings. The Morgan fingerprint density at radius 1 is 1.69 bits per heavy atom. The molecule has 1 unspecified atom stereocenters. The average molecular weight is 282 g/mol. The van der Waals surface area contributed by atoms with Gasteiger partial charge in [-0.3, -0.25) is 0 Å². The second-order valence-electron chi connectivity index (χ2n) is 4.14. The number of aromatic nitrogens is 1. The first-order valence-electron chi connectivity index (χ1n) is 5.23. The molecule has 0 saturated carbocycles. The van der Waals surface area contributed by atoms with E-state index in [0.29, 0.717) is 4.47 Å². The predicted octanol–water partition coefficient (Wildman–Crippen LogP) is 2.26. The van der Waals surface area contributed by atoms with E-state index in [1.54, 1.807) is 11.3 Å². The van der Waals surface area contributed by atoms with Crippen LogP contribution in [0.2, 0.25) is 4.47 Å². The molecule has 0 spiro atoms. The molecule has 16 heavy (non-hydrogen) atoms. The Labute approximate surface area is 112 Å². The fourth-order valence-electron chi connectivity index (χ4n) is 2.00. The second kappa shape index (κ2) is 6.77. The molecule has 1 aliphatic rings. The van der Waals surface area contributed by atoms with E-state index >= 15 is 0 Å². The standard InChI is InChI=1S/C10H16ClN3S.ClH/c1-14(6-8-2-3-12-4-8)7-9-5-13-10(11)15-9;/h5,8,12H,2-4,6-7H2,1H3;1H. The Bertz CT molecular complexity index is 313. The van der Waals surface area contributed by atoms with E-state index in [0.717, 1.165) is 25.6 Å². The Hall–Kier alpha value is 0.130. The summed E-state index contributed by atoms with van der Waals surface area (Å²) in [5.74, 6) is 0.804. The lowest BCUT2D eigenvalue weighted by Gasteiger charge is -2.19. The van der Waals surface area contributed by atoms with E-state index < -0.39 is 0 Å². The Balaban J connectivity index is 0.00000128. The Kier molecular flexibility index (Phi) is 6.00. The van der Waals surface area contributed by atoms with Gasteiger partial charge in [-0.25, -0.2) is 4.98 Å². The van der Waals surface area contributed by atoms with Gasteiger partial charge in [-0.05, 0) is 32.5 Å². The Morgan fingerprint density at radius 2 is 2.50 bits per heavy atom. The van der Waals surface area contributed by atoms with Crippen molar-refractivity contribution in [3.8, 4) is 0 Å². The van der Waals surface area contributed by atoms with Crippen LogP contribution in [-0.4, -0.2) is 36.6 Å². The van der Waals surface area contributed by atoms with Crippen molar-refractivity contribution < 1.29 is 0 Å². The van der Waals surface area contributed by atoms with Crippen LogP contribution in [0, 0.1) is 5.92 Å². The summed E-state index contributed by atoms with van der Waals surface area (Å²) < 4.78 is 0.640. The molecule has 1 atom stereocenters. The summed E-state index contributed by atoms with van der Waals surface area (Å²) in [6.45, 7) is 4.45. The van der Waals surface area contributed by atoms with Crippen LogP contribution in [0.25, 0.3) is 0 Å². The van der Waals surface area contributed by atoms with Gasteiger partial charge >= 0.3 is 0 Å². The third-order valence-corrected chi connectivity index (χ3v) is 3.78. The summed E-state index contributed by atoms with van der Waals surface area (Å²) in [4.78, 5) is 7.64. The van der Waals surface area contributed by atoms with Gasteiger partial charge in [0.25, 0.3) is 0 Å². The molecule has 6 heteroatoms. The van der Waals surface area contributed by atoms with E-state index in [1.807, 2.05) is 6.20 Å². The molecule has 2 heterocycles. The first kappa shape index (κ1) is 14.2. The molecule has 1 aromatic heterocycles. The summed E-state index contributed by atoms with van der Waals surface area (Å²) >= 11 is 7.36. The van der Waals surface area contributed by atoms with Gasteiger partial charge in [0.05, 0.1) is 0 Å². The molecule has 0 aromatic carbocycles. The molecule has 1 saturated heterocycles. The molecule has 0 bridgehead atoms. The van der Waals surface area contributed by atoms with Gasteiger partial charge in [-0.1, -0.05) is 11.6 Å². The number of hydrogen-bond donors (Lipinski definition) is 1. The van der Waals surface area contributed by atoms with Crippen LogP contribution in [0.15, 0.2) is 6.20 Å².